The number of amides is 2. The van der Waals surface area contributed by atoms with Gasteiger partial charge in [0.2, 0.25) is 5.91 Å². The van der Waals surface area contributed by atoms with Crippen molar-refractivity contribution in [3.63, 3.8) is 0 Å². The minimum atomic E-state index is -1.26. The first-order chi connectivity index (χ1) is 13.0. The predicted octanol–water partition coefficient (Wildman–Crippen LogP) is 2.62. The lowest BCUT2D eigenvalue weighted by atomic mass is 10.1. The molecule has 1 aliphatic rings. The van der Waals surface area contributed by atoms with Gasteiger partial charge in [-0.15, -0.1) is 0 Å². The fourth-order valence-corrected chi connectivity index (χ4v) is 3.10. The summed E-state index contributed by atoms with van der Waals surface area (Å²) in [4.78, 5) is 36.9. The molecule has 0 unspecified atom stereocenters. The highest BCUT2D eigenvalue weighted by molar-refractivity contribution is 5.97. The Balaban J connectivity index is 1.48. The maximum atomic E-state index is 13.9. The van der Waals surface area contributed by atoms with Gasteiger partial charge in [0, 0.05) is 25.2 Å². The normalized spacial score (nSPS) is 12.6. The van der Waals surface area contributed by atoms with Gasteiger partial charge in [0.05, 0.1) is 11.1 Å². The number of fused-ring (bicyclic) bond motifs is 1. The Labute approximate surface area is 155 Å². The fourth-order valence-electron chi connectivity index (χ4n) is 3.10. The summed E-state index contributed by atoms with van der Waals surface area (Å²) in [5, 5.41) is 11.4. The quantitative estimate of drug-likeness (QED) is 0.766. The zero-order valence-electron chi connectivity index (χ0n) is 14.6. The first kappa shape index (κ1) is 18.6. The van der Waals surface area contributed by atoms with E-state index in [9.17, 15) is 18.8 Å². The van der Waals surface area contributed by atoms with Crippen molar-refractivity contribution < 1.29 is 23.9 Å². The van der Waals surface area contributed by atoms with Gasteiger partial charge in [-0.1, -0.05) is 18.2 Å². The number of halogens is 1. The monoisotopic (exact) mass is 370 g/mol. The Hall–Kier alpha value is -3.22. The third kappa shape index (κ3) is 4.13. The number of nitrogens with zero attached hydrogens (tertiary/aromatic N) is 1. The molecule has 0 atom stereocenters. The van der Waals surface area contributed by atoms with Crippen LogP contribution in [0.25, 0.3) is 0 Å². The van der Waals surface area contributed by atoms with Crippen LogP contribution in [0.5, 0.6) is 0 Å². The molecule has 0 aromatic heterocycles. The van der Waals surface area contributed by atoms with Gasteiger partial charge in [-0.25, -0.2) is 9.18 Å². The van der Waals surface area contributed by atoms with Crippen molar-refractivity contribution in [3.05, 3.63) is 65.0 Å². The maximum Gasteiger partial charge on any atom is 0.335 e. The molecule has 0 radical (unpaired) electrons. The van der Waals surface area contributed by atoms with E-state index < -0.39 is 17.7 Å². The number of hydrogen-bond acceptors (Lipinski definition) is 3. The molecule has 2 amide bonds. The number of carbonyl (C=O) groups excluding carboxylic acids is 2. The lowest BCUT2D eigenvalue weighted by Gasteiger charge is -2.17. The van der Waals surface area contributed by atoms with Crippen LogP contribution in [0.4, 0.5) is 10.1 Å². The van der Waals surface area contributed by atoms with E-state index in [0.29, 0.717) is 13.0 Å². The number of hydrogen-bond donors (Lipinski definition) is 2. The van der Waals surface area contributed by atoms with E-state index in [1.54, 1.807) is 4.90 Å². The second kappa shape index (κ2) is 7.99. The predicted molar refractivity (Wildman–Crippen MR) is 97.4 cm³/mol. The van der Waals surface area contributed by atoms with E-state index in [4.69, 9.17) is 5.11 Å². The zero-order valence-corrected chi connectivity index (χ0v) is 14.6. The number of carboxylic acid groups (broad SMARTS) is 1. The topological polar surface area (TPSA) is 86.7 Å². The Morgan fingerprint density at radius 3 is 2.67 bits per heavy atom. The Morgan fingerprint density at radius 2 is 1.93 bits per heavy atom. The van der Waals surface area contributed by atoms with Crippen LogP contribution in [0.1, 0.15) is 39.1 Å². The molecule has 2 aromatic carbocycles. The molecule has 0 fully saturated rings. The molecule has 2 N–H and O–H groups in total. The van der Waals surface area contributed by atoms with Crippen LogP contribution in [-0.4, -0.2) is 36.0 Å². The summed E-state index contributed by atoms with van der Waals surface area (Å²) in [6, 6.07) is 10.9. The van der Waals surface area contributed by atoms with Crippen molar-refractivity contribution in [2.45, 2.75) is 19.3 Å². The summed E-state index contributed by atoms with van der Waals surface area (Å²) in [5.74, 6) is -2.80. The molecule has 0 saturated carbocycles. The Kier molecular flexibility index (Phi) is 5.49. The number of aromatic carboxylic acids is 1. The molecule has 27 heavy (non-hydrogen) atoms. The van der Waals surface area contributed by atoms with Crippen LogP contribution < -0.4 is 10.2 Å². The molecule has 0 saturated heterocycles. The molecule has 6 nitrogen and oxygen atoms in total. The van der Waals surface area contributed by atoms with Gasteiger partial charge in [-0.05, 0) is 42.7 Å². The molecule has 1 aliphatic heterocycles. The van der Waals surface area contributed by atoms with Gasteiger partial charge in [-0.2, -0.15) is 0 Å². The highest BCUT2D eigenvalue weighted by Gasteiger charge is 2.23. The summed E-state index contributed by atoms with van der Waals surface area (Å²) in [5.41, 5.74) is 1.65. The van der Waals surface area contributed by atoms with Gasteiger partial charge in [0.15, 0.2) is 0 Å². The Morgan fingerprint density at radius 1 is 1.15 bits per heavy atom. The van der Waals surface area contributed by atoms with Crippen molar-refractivity contribution in [2.24, 2.45) is 0 Å². The van der Waals surface area contributed by atoms with E-state index in [-0.39, 0.29) is 30.0 Å². The van der Waals surface area contributed by atoms with Crippen LogP contribution in [0.15, 0.2) is 42.5 Å². The first-order valence-electron chi connectivity index (χ1n) is 8.66. The van der Waals surface area contributed by atoms with Crippen molar-refractivity contribution in [2.75, 3.05) is 18.0 Å². The summed E-state index contributed by atoms with van der Waals surface area (Å²) in [6.45, 7) is 0.881. The zero-order chi connectivity index (χ0) is 19.4. The first-order valence-corrected chi connectivity index (χ1v) is 8.66. The minimum absolute atomic E-state index is 0.00816. The number of anilines is 1. The van der Waals surface area contributed by atoms with Gasteiger partial charge in [0.1, 0.15) is 5.82 Å². The van der Waals surface area contributed by atoms with E-state index in [1.165, 1.54) is 6.07 Å². The van der Waals surface area contributed by atoms with E-state index in [0.717, 1.165) is 29.8 Å². The third-order valence-electron chi connectivity index (χ3n) is 4.50. The molecule has 0 bridgehead atoms. The summed E-state index contributed by atoms with van der Waals surface area (Å²) >= 11 is 0. The second-order valence-electron chi connectivity index (χ2n) is 6.28. The number of carbonyl (C=O) groups is 3. The molecule has 0 aliphatic carbocycles. The molecule has 1 heterocycles. The lowest BCUT2D eigenvalue weighted by Crippen LogP contribution is -2.30. The SMILES string of the molecule is O=C(O)c1ccc(C(=O)NCCCC(=O)N2CCc3ccccc32)c(F)c1. The lowest BCUT2D eigenvalue weighted by molar-refractivity contribution is -0.118. The van der Waals surface area contributed by atoms with Gasteiger partial charge in [-0.3, -0.25) is 9.59 Å². The molecule has 3 rings (SSSR count). The van der Waals surface area contributed by atoms with E-state index in [1.807, 2.05) is 24.3 Å². The molecule has 7 heteroatoms. The Bertz CT molecular complexity index is 897. The smallest absolute Gasteiger partial charge is 0.335 e. The molecule has 2 aromatic rings. The van der Waals surface area contributed by atoms with E-state index >= 15 is 0 Å². The summed E-state index contributed by atoms with van der Waals surface area (Å²) in [7, 11) is 0. The van der Waals surface area contributed by atoms with Gasteiger partial charge in [0.25, 0.3) is 5.91 Å². The average Bonchev–Trinajstić information content (AvgIpc) is 3.09. The number of para-hydroxylation sites is 1. The number of carboxylic acids is 1. The van der Waals surface area contributed by atoms with Crippen LogP contribution >= 0.6 is 0 Å². The standard InChI is InChI=1S/C20H19FN2O4/c21-16-12-14(20(26)27)7-8-15(16)19(25)22-10-3-6-18(24)23-11-9-13-4-1-2-5-17(13)23/h1-2,4-5,7-8,12H,3,6,9-11H2,(H,22,25)(H,26,27). The average molecular weight is 370 g/mol. The third-order valence-corrected chi connectivity index (χ3v) is 4.50. The van der Waals surface area contributed by atoms with E-state index in [2.05, 4.69) is 5.32 Å². The molecule has 140 valence electrons. The number of benzene rings is 2. The van der Waals surface area contributed by atoms with Gasteiger partial charge < -0.3 is 15.3 Å². The van der Waals surface area contributed by atoms with Crippen molar-refractivity contribution >= 4 is 23.5 Å². The molecular formula is C20H19FN2O4. The minimum Gasteiger partial charge on any atom is -0.478 e. The number of rotatable bonds is 6. The highest BCUT2D eigenvalue weighted by Crippen LogP contribution is 2.27. The fraction of sp³-hybridized carbons (Fsp3) is 0.250. The number of nitrogens with one attached hydrogen (secondary N) is 1. The van der Waals surface area contributed by atoms with Crippen LogP contribution in [-0.2, 0) is 11.2 Å². The van der Waals surface area contributed by atoms with Crippen molar-refractivity contribution in [1.82, 2.24) is 5.32 Å². The van der Waals surface area contributed by atoms with Crippen LogP contribution in [0, 0.1) is 5.82 Å². The summed E-state index contributed by atoms with van der Waals surface area (Å²) < 4.78 is 13.9. The van der Waals surface area contributed by atoms with Crippen LogP contribution in [0.3, 0.4) is 0 Å². The second-order valence-corrected chi connectivity index (χ2v) is 6.28. The maximum absolute atomic E-state index is 13.9. The summed E-state index contributed by atoms with van der Waals surface area (Å²) in [6.07, 6.45) is 1.54. The molecular weight excluding hydrogens is 351 g/mol. The highest BCUT2D eigenvalue weighted by atomic mass is 19.1. The van der Waals surface area contributed by atoms with Crippen molar-refractivity contribution in [3.8, 4) is 0 Å². The largest absolute Gasteiger partial charge is 0.478 e. The molecule has 0 spiro atoms. The van der Waals surface area contributed by atoms with Gasteiger partial charge >= 0.3 is 5.97 Å². The van der Waals surface area contributed by atoms with Crippen LogP contribution in [0.2, 0.25) is 0 Å². The van der Waals surface area contributed by atoms with Crippen molar-refractivity contribution in [1.29, 1.82) is 0 Å².